The van der Waals surface area contributed by atoms with Crippen LogP contribution in [0.4, 0.5) is 0 Å². The molecule has 124 valence electrons. The Bertz CT molecular complexity index is 770. The lowest BCUT2D eigenvalue weighted by atomic mass is 9.95. The number of carbonyl (C=O) groups excluding carboxylic acids is 1. The third kappa shape index (κ3) is 3.24. The predicted octanol–water partition coefficient (Wildman–Crippen LogP) is 4.01. The Morgan fingerprint density at radius 2 is 2.00 bits per heavy atom. The molecule has 2 aromatic carbocycles. The SMILES string of the molecule is COc1ccc2c(c1)/C(=C/c1ccccc1)C(=O)N(C)C(CBr)C2. The number of hydrogen-bond acceptors (Lipinski definition) is 2. The third-order valence-electron chi connectivity index (χ3n) is 4.45. The Morgan fingerprint density at radius 3 is 2.67 bits per heavy atom. The summed E-state index contributed by atoms with van der Waals surface area (Å²) >= 11 is 3.54. The second-order valence-electron chi connectivity index (χ2n) is 5.92. The highest BCUT2D eigenvalue weighted by Gasteiger charge is 2.29. The monoisotopic (exact) mass is 385 g/mol. The Balaban J connectivity index is 2.18. The van der Waals surface area contributed by atoms with Gasteiger partial charge in [0.1, 0.15) is 5.75 Å². The first-order chi connectivity index (χ1) is 11.6. The summed E-state index contributed by atoms with van der Waals surface area (Å²) in [5, 5.41) is 0.749. The zero-order chi connectivity index (χ0) is 17.1. The molecule has 1 amide bonds. The standard InChI is InChI=1S/C20H20BrNO2/c1-22-16(13-21)11-15-8-9-17(24-2)12-18(15)19(20(22)23)10-14-6-4-3-5-7-14/h3-10,12,16H,11,13H2,1-2H3/b19-10-. The highest BCUT2D eigenvalue weighted by Crippen LogP contribution is 2.32. The molecule has 0 fully saturated rings. The summed E-state index contributed by atoms with van der Waals surface area (Å²) in [4.78, 5) is 14.9. The molecule has 0 spiro atoms. The number of likely N-dealkylation sites (N-methyl/N-ethyl adjacent to an activating group) is 1. The quantitative estimate of drug-likeness (QED) is 0.589. The van der Waals surface area contributed by atoms with Crippen LogP contribution in [0.3, 0.4) is 0 Å². The normalized spacial score (nSPS) is 19.1. The van der Waals surface area contributed by atoms with E-state index in [0.717, 1.165) is 28.6 Å². The van der Waals surface area contributed by atoms with Gasteiger partial charge < -0.3 is 9.64 Å². The maximum Gasteiger partial charge on any atom is 0.254 e. The van der Waals surface area contributed by atoms with E-state index >= 15 is 0 Å². The van der Waals surface area contributed by atoms with Gasteiger partial charge in [0, 0.05) is 24.0 Å². The Morgan fingerprint density at radius 1 is 1.25 bits per heavy atom. The van der Waals surface area contributed by atoms with Crippen LogP contribution in [0.25, 0.3) is 11.6 Å². The lowest BCUT2D eigenvalue weighted by Gasteiger charge is -2.24. The first-order valence-electron chi connectivity index (χ1n) is 7.91. The molecule has 0 N–H and O–H groups in total. The molecule has 1 heterocycles. The number of halogens is 1. The summed E-state index contributed by atoms with van der Waals surface area (Å²) in [6.45, 7) is 0. The molecule has 1 aliphatic rings. The molecule has 2 aromatic rings. The molecule has 1 unspecified atom stereocenters. The first kappa shape index (κ1) is 16.8. The molecule has 0 aromatic heterocycles. The number of carbonyl (C=O) groups is 1. The molecule has 24 heavy (non-hydrogen) atoms. The largest absolute Gasteiger partial charge is 0.497 e. The van der Waals surface area contributed by atoms with Crippen LogP contribution in [0.15, 0.2) is 48.5 Å². The predicted molar refractivity (Wildman–Crippen MR) is 101 cm³/mol. The molecular formula is C20H20BrNO2. The fourth-order valence-corrected chi connectivity index (χ4v) is 3.65. The van der Waals surface area contributed by atoms with Gasteiger partial charge in [0.2, 0.25) is 0 Å². The van der Waals surface area contributed by atoms with E-state index in [0.29, 0.717) is 5.57 Å². The van der Waals surface area contributed by atoms with Crippen LogP contribution >= 0.6 is 15.9 Å². The van der Waals surface area contributed by atoms with Gasteiger partial charge in [-0.25, -0.2) is 0 Å². The smallest absolute Gasteiger partial charge is 0.254 e. The Hall–Kier alpha value is -2.07. The average molecular weight is 386 g/mol. The lowest BCUT2D eigenvalue weighted by Crippen LogP contribution is -2.38. The van der Waals surface area contributed by atoms with Gasteiger partial charge in [0.05, 0.1) is 7.11 Å². The molecule has 0 bridgehead atoms. The number of ether oxygens (including phenoxy) is 1. The molecular weight excluding hydrogens is 366 g/mol. The van der Waals surface area contributed by atoms with Crippen molar-refractivity contribution in [3.05, 3.63) is 65.2 Å². The van der Waals surface area contributed by atoms with Crippen molar-refractivity contribution in [2.24, 2.45) is 0 Å². The van der Waals surface area contributed by atoms with E-state index < -0.39 is 0 Å². The van der Waals surface area contributed by atoms with Crippen molar-refractivity contribution in [3.63, 3.8) is 0 Å². The van der Waals surface area contributed by atoms with Crippen molar-refractivity contribution in [1.29, 1.82) is 0 Å². The number of fused-ring (bicyclic) bond motifs is 1. The number of hydrogen-bond donors (Lipinski definition) is 0. The summed E-state index contributed by atoms with van der Waals surface area (Å²) in [6.07, 6.45) is 2.78. The maximum atomic E-state index is 13.1. The van der Waals surface area contributed by atoms with Crippen LogP contribution in [0.5, 0.6) is 5.75 Å². The van der Waals surface area contributed by atoms with E-state index in [9.17, 15) is 4.79 Å². The summed E-state index contributed by atoms with van der Waals surface area (Å²) in [5.74, 6) is 0.802. The Labute approximate surface area is 151 Å². The van der Waals surface area contributed by atoms with Crippen LogP contribution in [-0.4, -0.2) is 36.3 Å². The first-order valence-corrected chi connectivity index (χ1v) is 9.03. The van der Waals surface area contributed by atoms with Gasteiger partial charge in [-0.1, -0.05) is 52.3 Å². The second kappa shape index (κ2) is 7.22. The van der Waals surface area contributed by atoms with Crippen LogP contribution in [-0.2, 0) is 11.2 Å². The van der Waals surface area contributed by atoms with Gasteiger partial charge in [-0.05, 0) is 41.3 Å². The molecule has 0 radical (unpaired) electrons. The fraction of sp³-hybridized carbons (Fsp3) is 0.250. The van der Waals surface area contributed by atoms with E-state index in [1.54, 1.807) is 7.11 Å². The second-order valence-corrected chi connectivity index (χ2v) is 6.57. The van der Waals surface area contributed by atoms with E-state index in [4.69, 9.17) is 4.74 Å². The number of nitrogens with zero attached hydrogens (tertiary/aromatic N) is 1. The Kier molecular flexibility index (Phi) is 5.05. The molecule has 0 saturated heterocycles. The summed E-state index contributed by atoms with van der Waals surface area (Å²) in [6, 6.07) is 16.1. The van der Waals surface area contributed by atoms with Gasteiger partial charge in [0.15, 0.2) is 0 Å². The molecule has 1 atom stereocenters. The lowest BCUT2D eigenvalue weighted by molar-refractivity contribution is -0.125. The van der Waals surface area contributed by atoms with E-state index in [-0.39, 0.29) is 11.9 Å². The summed E-state index contributed by atoms with van der Waals surface area (Å²) in [7, 11) is 3.52. The van der Waals surface area contributed by atoms with Gasteiger partial charge in [-0.3, -0.25) is 4.79 Å². The van der Waals surface area contributed by atoms with Gasteiger partial charge in [-0.2, -0.15) is 0 Å². The third-order valence-corrected chi connectivity index (χ3v) is 5.20. The van der Waals surface area contributed by atoms with Gasteiger partial charge >= 0.3 is 0 Å². The van der Waals surface area contributed by atoms with Crippen molar-refractivity contribution >= 4 is 33.5 Å². The van der Waals surface area contributed by atoms with Crippen molar-refractivity contribution in [1.82, 2.24) is 4.90 Å². The maximum absolute atomic E-state index is 13.1. The van der Waals surface area contributed by atoms with Gasteiger partial charge in [0.25, 0.3) is 5.91 Å². The minimum absolute atomic E-state index is 0.0373. The zero-order valence-corrected chi connectivity index (χ0v) is 15.4. The van der Waals surface area contributed by atoms with Crippen molar-refractivity contribution in [3.8, 4) is 5.75 Å². The molecule has 0 aliphatic carbocycles. The van der Waals surface area contributed by atoms with Crippen molar-refractivity contribution in [2.75, 3.05) is 19.5 Å². The van der Waals surface area contributed by atoms with E-state index in [1.165, 1.54) is 5.56 Å². The molecule has 3 nitrogen and oxygen atoms in total. The van der Waals surface area contributed by atoms with Crippen LogP contribution < -0.4 is 4.74 Å². The highest BCUT2D eigenvalue weighted by molar-refractivity contribution is 9.09. The number of rotatable bonds is 3. The van der Waals surface area contributed by atoms with Crippen LogP contribution in [0.2, 0.25) is 0 Å². The highest BCUT2D eigenvalue weighted by atomic mass is 79.9. The topological polar surface area (TPSA) is 29.5 Å². The van der Waals surface area contributed by atoms with Gasteiger partial charge in [-0.15, -0.1) is 0 Å². The van der Waals surface area contributed by atoms with E-state index in [2.05, 4.69) is 22.0 Å². The molecule has 1 aliphatic heterocycles. The van der Waals surface area contributed by atoms with Crippen molar-refractivity contribution in [2.45, 2.75) is 12.5 Å². The number of benzene rings is 2. The minimum atomic E-state index is 0.0373. The number of methoxy groups -OCH3 is 1. The summed E-state index contributed by atoms with van der Waals surface area (Å²) in [5.41, 5.74) is 3.85. The minimum Gasteiger partial charge on any atom is -0.497 e. The van der Waals surface area contributed by atoms with Crippen LogP contribution in [0, 0.1) is 0 Å². The number of alkyl halides is 1. The number of amides is 1. The molecule has 4 heteroatoms. The molecule has 3 rings (SSSR count). The van der Waals surface area contributed by atoms with Crippen LogP contribution in [0.1, 0.15) is 16.7 Å². The van der Waals surface area contributed by atoms with E-state index in [1.807, 2.05) is 60.5 Å². The van der Waals surface area contributed by atoms with Crippen molar-refractivity contribution < 1.29 is 9.53 Å². The average Bonchev–Trinajstić information content (AvgIpc) is 2.72. The fourth-order valence-electron chi connectivity index (χ4n) is 2.99. The molecule has 0 saturated carbocycles. The summed E-state index contributed by atoms with van der Waals surface area (Å²) < 4.78 is 5.37. The zero-order valence-electron chi connectivity index (χ0n) is 13.8.